The van der Waals surface area contributed by atoms with E-state index in [1.165, 1.54) is 25.3 Å². The van der Waals surface area contributed by atoms with E-state index in [0.717, 1.165) is 6.42 Å². The van der Waals surface area contributed by atoms with Gasteiger partial charge in [-0.15, -0.1) is 0 Å². The van der Waals surface area contributed by atoms with Crippen molar-refractivity contribution in [3.8, 4) is 0 Å². The minimum atomic E-state index is -0.536. The van der Waals surface area contributed by atoms with Crippen LogP contribution in [0.5, 0.6) is 0 Å². The first-order valence-corrected chi connectivity index (χ1v) is 5.37. The van der Waals surface area contributed by atoms with Crippen molar-refractivity contribution < 1.29 is 13.5 Å². The molecule has 1 aromatic carbocycles. The molecule has 0 aliphatic rings. The number of halogens is 2. The maximum absolute atomic E-state index is 13.5. The molecule has 1 unspecified atom stereocenters. The van der Waals surface area contributed by atoms with Crippen molar-refractivity contribution in [3.05, 3.63) is 35.4 Å². The quantitative estimate of drug-likeness (QED) is 0.809. The van der Waals surface area contributed by atoms with Crippen LogP contribution in [0.15, 0.2) is 18.2 Å². The highest BCUT2D eigenvalue weighted by Crippen LogP contribution is 2.20. The van der Waals surface area contributed by atoms with Gasteiger partial charge < -0.3 is 10.1 Å². The first-order chi connectivity index (χ1) is 7.70. The van der Waals surface area contributed by atoms with Gasteiger partial charge in [0.1, 0.15) is 11.6 Å². The summed E-state index contributed by atoms with van der Waals surface area (Å²) in [6, 6.07) is 3.44. The van der Waals surface area contributed by atoms with Crippen molar-refractivity contribution in [1.29, 1.82) is 0 Å². The molecule has 4 heteroatoms. The third kappa shape index (κ3) is 3.25. The van der Waals surface area contributed by atoms with Gasteiger partial charge in [-0.1, -0.05) is 13.0 Å². The third-order valence-electron chi connectivity index (χ3n) is 2.32. The minimum Gasteiger partial charge on any atom is -0.383 e. The summed E-state index contributed by atoms with van der Waals surface area (Å²) in [5, 5.41) is 3.06. The normalized spacial score (nSPS) is 12.8. The average Bonchev–Trinajstić information content (AvgIpc) is 2.25. The van der Waals surface area contributed by atoms with Gasteiger partial charge >= 0.3 is 0 Å². The van der Waals surface area contributed by atoms with Crippen LogP contribution in [0.2, 0.25) is 0 Å². The maximum atomic E-state index is 13.5. The van der Waals surface area contributed by atoms with E-state index >= 15 is 0 Å². The molecule has 16 heavy (non-hydrogen) atoms. The van der Waals surface area contributed by atoms with Crippen LogP contribution >= 0.6 is 0 Å². The van der Waals surface area contributed by atoms with E-state index in [1.807, 2.05) is 6.92 Å². The molecule has 0 aliphatic heterocycles. The third-order valence-corrected chi connectivity index (χ3v) is 2.32. The van der Waals surface area contributed by atoms with Gasteiger partial charge in [0.05, 0.1) is 12.6 Å². The van der Waals surface area contributed by atoms with Crippen LogP contribution in [-0.4, -0.2) is 20.3 Å². The Hall–Kier alpha value is -1.00. The molecule has 0 saturated carbocycles. The fourth-order valence-corrected chi connectivity index (χ4v) is 1.57. The first kappa shape index (κ1) is 13.1. The van der Waals surface area contributed by atoms with E-state index in [-0.39, 0.29) is 12.2 Å². The molecule has 0 saturated heterocycles. The van der Waals surface area contributed by atoms with Gasteiger partial charge in [-0.2, -0.15) is 0 Å². The number of hydrogen-bond donors (Lipinski definition) is 1. The summed E-state index contributed by atoms with van der Waals surface area (Å²) in [7, 11) is 1.51. The maximum Gasteiger partial charge on any atom is 0.131 e. The molecule has 0 bridgehead atoms. The lowest BCUT2D eigenvalue weighted by atomic mass is 10.1. The van der Waals surface area contributed by atoms with Crippen LogP contribution in [0.25, 0.3) is 0 Å². The minimum absolute atomic E-state index is 0.0535. The van der Waals surface area contributed by atoms with E-state index in [9.17, 15) is 8.78 Å². The number of methoxy groups -OCH3 is 1. The molecule has 0 aromatic heterocycles. The molecule has 1 N–H and O–H groups in total. The fourth-order valence-electron chi connectivity index (χ4n) is 1.57. The largest absolute Gasteiger partial charge is 0.383 e. The van der Waals surface area contributed by atoms with Crippen LogP contribution < -0.4 is 5.32 Å². The Bertz CT molecular complexity index is 311. The van der Waals surface area contributed by atoms with Gasteiger partial charge in [-0.3, -0.25) is 0 Å². The molecule has 0 amide bonds. The lowest BCUT2D eigenvalue weighted by molar-refractivity contribution is 0.163. The molecular weight excluding hydrogens is 212 g/mol. The number of hydrogen-bond acceptors (Lipinski definition) is 2. The number of ether oxygens (including phenoxy) is 1. The van der Waals surface area contributed by atoms with E-state index in [4.69, 9.17) is 4.74 Å². The predicted octanol–water partition coefficient (Wildman–Crippen LogP) is 2.65. The van der Waals surface area contributed by atoms with Gasteiger partial charge in [0.25, 0.3) is 0 Å². The summed E-state index contributed by atoms with van der Waals surface area (Å²) in [6.07, 6.45) is 0.899. The first-order valence-electron chi connectivity index (χ1n) is 5.37. The second-order valence-electron chi connectivity index (χ2n) is 3.60. The summed E-state index contributed by atoms with van der Waals surface area (Å²) in [5.74, 6) is -1.07. The lowest BCUT2D eigenvalue weighted by Crippen LogP contribution is -2.27. The van der Waals surface area contributed by atoms with E-state index in [1.54, 1.807) is 0 Å². The van der Waals surface area contributed by atoms with Crippen molar-refractivity contribution in [2.24, 2.45) is 0 Å². The molecule has 90 valence electrons. The molecule has 1 atom stereocenters. The van der Waals surface area contributed by atoms with Crippen molar-refractivity contribution in [2.75, 3.05) is 20.3 Å². The van der Waals surface area contributed by atoms with Gasteiger partial charge in [0.15, 0.2) is 0 Å². The fraction of sp³-hybridized carbons (Fsp3) is 0.500. The van der Waals surface area contributed by atoms with Crippen molar-refractivity contribution in [3.63, 3.8) is 0 Å². The number of nitrogens with one attached hydrogen (secondary N) is 1. The number of rotatable bonds is 6. The summed E-state index contributed by atoms with van der Waals surface area (Å²) in [6.45, 7) is 2.94. The van der Waals surface area contributed by atoms with E-state index in [0.29, 0.717) is 6.54 Å². The Morgan fingerprint density at radius 1 is 1.31 bits per heavy atom. The Morgan fingerprint density at radius 3 is 2.44 bits per heavy atom. The molecule has 1 aromatic rings. The Kier molecular flexibility index (Phi) is 5.35. The molecule has 1 rings (SSSR count). The van der Waals surface area contributed by atoms with Crippen molar-refractivity contribution >= 4 is 0 Å². The Labute approximate surface area is 94.6 Å². The van der Waals surface area contributed by atoms with Crippen LogP contribution in [0, 0.1) is 11.6 Å². The zero-order chi connectivity index (χ0) is 12.0. The average molecular weight is 229 g/mol. The SMILES string of the molecule is CCCNC(COC)c1c(F)cccc1F. The predicted molar refractivity (Wildman–Crippen MR) is 59.3 cm³/mol. The highest BCUT2D eigenvalue weighted by Gasteiger charge is 2.19. The summed E-state index contributed by atoms with van der Waals surface area (Å²) < 4.78 is 32.0. The summed E-state index contributed by atoms with van der Waals surface area (Å²) >= 11 is 0. The summed E-state index contributed by atoms with van der Waals surface area (Å²) in [4.78, 5) is 0. The lowest BCUT2D eigenvalue weighted by Gasteiger charge is -2.19. The van der Waals surface area contributed by atoms with Gasteiger partial charge in [0, 0.05) is 12.7 Å². The monoisotopic (exact) mass is 229 g/mol. The van der Waals surface area contributed by atoms with Gasteiger partial charge in [-0.25, -0.2) is 8.78 Å². The standard InChI is InChI=1S/C12H17F2NO/c1-3-7-15-11(8-16-2)12-9(13)5-4-6-10(12)14/h4-6,11,15H,3,7-8H2,1-2H3. The van der Waals surface area contributed by atoms with E-state index in [2.05, 4.69) is 5.32 Å². The van der Waals surface area contributed by atoms with Crippen LogP contribution in [0.4, 0.5) is 8.78 Å². The molecule has 0 aliphatic carbocycles. The molecule has 0 heterocycles. The van der Waals surface area contributed by atoms with Crippen LogP contribution in [0.1, 0.15) is 24.9 Å². The van der Waals surface area contributed by atoms with Crippen molar-refractivity contribution in [2.45, 2.75) is 19.4 Å². The Morgan fingerprint density at radius 2 is 1.94 bits per heavy atom. The summed E-state index contributed by atoms with van der Waals surface area (Å²) in [5.41, 5.74) is 0.0535. The van der Waals surface area contributed by atoms with Gasteiger partial charge in [0.2, 0.25) is 0 Å². The molecule has 2 nitrogen and oxygen atoms in total. The van der Waals surface area contributed by atoms with E-state index < -0.39 is 17.7 Å². The number of benzene rings is 1. The van der Waals surface area contributed by atoms with Gasteiger partial charge in [-0.05, 0) is 25.1 Å². The smallest absolute Gasteiger partial charge is 0.131 e. The zero-order valence-electron chi connectivity index (χ0n) is 9.59. The van der Waals surface area contributed by atoms with Crippen LogP contribution in [0.3, 0.4) is 0 Å². The van der Waals surface area contributed by atoms with Crippen molar-refractivity contribution in [1.82, 2.24) is 5.32 Å². The zero-order valence-corrected chi connectivity index (χ0v) is 9.59. The molecule has 0 spiro atoms. The molecule has 0 radical (unpaired) electrons. The topological polar surface area (TPSA) is 21.3 Å². The highest BCUT2D eigenvalue weighted by atomic mass is 19.1. The second kappa shape index (κ2) is 6.55. The second-order valence-corrected chi connectivity index (χ2v) is 3.60. The highest BCUT2D eigenvalue weighted by molar-refractivity contribution is 5.23. The Balaban J connectivity index is 2.90. The molecular formula is C12H17F2NO. The van der Waals surface area contributed by atoms with Crippen LogP contribution in [-0.2, 0) is 4.74 Å². The molecule has 0 fully saturated rings.